The molecule has 8 heteroatoms. The van der Waals surface area contributed by atoms with Crippen LogP contribution in [0.25, 0.3) is 0 Å². The highest BCUT2D eigenvalue weighted by Gasteiger charge is 2.25. The molecule has 114 valence electrons. The van der Waals surface area contributed by atoms with Crippen molar-refractivity contribution in [3.63, 3.8) is 0 Å². The van der Waals surface area contributed by atoms with Crippen LogP contribution >= 0.6 is 0 Å². The van der Waals surface area contributed by atoms with Crippen molar-refractivity contribution >= 4 is 17.3 Å². The molecule has 0 spiro atoms. The third-order valence-electron chi connectivity index (χ3n) is 3.26. The molecule has 1 aromatic carbocycles. The molecule has 1 unspecified atom stereocenters. The fourth-order valence-corrected chi connectivity index (χ4v) is 2.02. The van der Waals surface area contributed by atoms with Crippen LogP contribution in [0.3, 0.4) is 0 Å². The van der Waals surface area contributed by atoms with Crippen molar-refractivity contribution in [2.75, 3.05) is 25.1 Å². The molecular weight excluding hydrogens is 278 g/mol. The monoisotopic (exact) mass is 295 g/mol. The van der Waals surface area contributed by atoms with Gasteiger partial charge in [-0.25, -0.2) is 0 Å². The van der Waals surface area contributed by atoms with E-state index in [0.29, 0.717) is 31.1 Å². The van der Waals surface area contributed by atoms with E-state index in [1.54, 1.807) is 0 Å². The highest BCUT2D eigenvalue weighted by molar-refractivity contribution is 5.95. The lowest BCUT2D eigenvalue weighted by Crippen LogP contribution is -2.29. The first-order valence-corrected chi connectivity index (χ1v) is 6.65. The van der Waals surface area contributed by atoms with E-state index in [4.69, 9.17) is 15.2 Å². The molecule has 1 heterocycles. The van der Waals surface area contributed by atoms with E-state index in [-0.39, 0.29) is 23.8 Å². The van der Waals surface area contributed by atoms with Crippen molar-refractivity contribution in [2.45, 2.75) is 13.3 Å². The maximum atomic E-state index is 12.0. The number of nitrogens with zero attached hydrogens (tertiary/aromatic N) is 1. The molecule has 1 aliphatic heterocycles. The molecule has 1 atom stereocenters. The quantitative estimate of drug-likeness (QED) is 0.624. The van der Waals surface area contributed by atoms with Gasteiger partial charge in [0.2, 0.25) is 5.91 Å². The third-order valence-corrected chi connectivity index (χ3v) is 3.26. The van der Waals surface area contributed by atoms with Gasteiger partial charge in [-0.05, 0) is 6.42 Å². The largest absolute Gasteiger partial charge is 0.486 e. The SMILES string of the molecule is CCC(CN)C(=O)Nc1cc2c(cc1[N+](=O)[O-])OCCO2. The van der Waals surface area contributed by atoms with Crippen LogP contribution < -0.4 is 20.5 Å². The van der Waals surface area contributed by atoms with Crippen molar-refractivity contribution < 1.29 is 19.2 Å². The number of anilines is 1. The Balaban J connectivity index is 2.33. The summed E-state index contributed by atoms with van der Waals surface area (Å²) in [4.78, 5) is 22.6. The van der Waals surface area contributed by atoms with Crippen LogP contribution in [0.1, 0.15) is 13.3 Å². The van der Waals surface area contributed by atoms with Gasteiger partial charge in [0.15, 0.2) is 11.5 Å². The number of nitrogens with one attached hydrogen (secondary N) is 1. The Labute approximate surface area is 121 Å². The Morgan fingerprint density at radius 3 is 2.57 bits per heavy atom. The number of hydrogen-bond acceptors (Lipinski definition) is 6. The number of hydrogen-bond donors (Lipinski definition) is 2. The minimum Gasteiger partial charge on any atom is -0.486 e. The van der Waals surface area contributed by atoms with Crippen molar-refractivity contribution in [3.8, 4) is 11.5 Å². The van der Waals surface area contributed by atoms with Crippen molar-refractivity contribution in [1.29, 1.82) is 0 Å². The zero-order valence-electron chi connectivity index (χ0n) is 11.6. The molecular formula is C13H17N3O5. The number of nitro benzene ring substituents is 1. The molecule has 0 saturated carbocycles. The number of carbonyl (C=O) groups is 1. The average molecular weight is 295 g/mol. The van der Waals surface area contributed by atoms with Crippen molar-refractivity contribution in [2.24, 2.45) is 11.7 Å². The van der Waals surface area contributed by atoms with Gasteiger partial charge in [0, 0.05) is 12.6 Å². The molecule has 1 amide bonds. The predicted molar refractivity (Wildman–Crippen MR) is 75.6 cm³/mol. The Kier molecular flexibility index (Phi) is 4.59. The second-order valence-corrected chi connectivity index (χ2v) is 4.60. The predicted octanol–water partition coefficient (Wildman–Crippen LogP) is 1.29. The minimum absolute atomic E-state index is 0.0844. The fourth-order valence-electron chi connectivity index (χ4n) is 2.02. The summed E-state index contributed by atoms with van der Waals surface area (Å²) >= 11 is 0. The standard InChI is InChI=1S/C13H17N3O5/c1-2-8(7-14)13(17)15-9-5-11-12(21-4-3-20-11)6-10(9)16(18)19/h5-6,8H,2-4,7,14H2,1H3,(H,15,17). The topological polar surface area (TPSA) is 117 Å². The summed E-state index contributed by atoms with van der Waals surface area (Å²) in [5, 5.41) is 13.7. The van der Waals surface area contributed by atoms with Gasteiger partial charge in [0.1, 0.15) is 18.9 Å². The summed E-state index contributed by atoms with van der Waals surface area (Å²) in [6.07, 6.45) is 0.556. The summed E-state index contributed by atoms with van der Waals surface area (Å²) in [6.45, 7) is 2.70. The van der Waals surface area contributed by atoms with Crippen LogP contribution in [0, 0.1) is 16.0 Å². The van der Waals surface area contributed by atoms with Crippen LogP contribution in [0.4, 0.5) is 11.4 Å². The molecule has 0 aliphatic carbocycles. The number of rotatable bonds is 5. The zero-order chi connectivity index (χ0) is 15.4. The number of ether oxygens (including phenoxy) is 2. The van der Waals surface area contributed by atoms with Crippen LogP contribution in [0.5, 0.6) is 11.5 Å². The summed E-state index contributed by atoms with van der Waals surface area (Å²) in [5.41, 5.74) is 5.35. The minimum atomic E-state index is -0.572. The van der Waals surface area contributed by atoms with Crippen LogP contribution in [0.2, 0.25) is 0 Å². The zero-order valence-corrected chi connectivity index (χ0v) is 11.6. The van der Waals surface area contributed by atoms with E-state index in [0.717, 1.165) is 0 Å². The normalized spacial score (nSPS) is 14.4. The van der Waals surface area contributed by atoms with E-state index in [1.165, 1.54) is 12.1 Å². The van der Waals surface area contributed by atoms with E-state index in [9.17, 15) is 14.9 Å². The number of amides is 1. The first-order chi connectivity index (χ1) is 10.1. The average Bonchev–Trinajstić information content (AvgIpc) is 2.47. The van der Waals surface area contributed by atoms with Crippen LogP contribution in [0.15, 0.2) is 12.1 Å². The molecule has 1 aromatic rings. The Bertz CT molecular complexity index is 557. The van der Waals surface area contributed by atoms with Gasteiger partial charge in [-0.3, -0.25) is 14.9 Å². The van der Waals surface area contributed by atoms with Gasteiger partial charge in [-0.15, -0.1) is 0 Å². The second-order valence-electron chi connectivity index (χ2n) is 4.60. The van der Waals surface area contributed by atoms with Crippen molar-refractivity contribution in [3.05, 3.63) is 22.2 Å². The van der Waals surface area contributed by atoms with Crippen LogP contribution in [-0.2, 0) is 4.79 Å². The molecule has 8 nitrogen and oxygen atoms in total. The van der Waals surface area contributed by atoms with Gasteiger partial charge in [-0.1, -0.05) is 6.92 Å². The molecule has 0 saturated heterocycles. The molecule has 21 heavy (non-hydrogen) atoms. The number of nitrogens with two attached hydrogens (primary N) is 1. The maximum Gasteiger partial charge on any atom is 0.296 e. The molecule has 3 N–H and O–H groups in total. The van der Waals surface area contributed by atoms with Crippen molar-refractivity contribution in [1.82, 2.24) is 0 Å². The summed E-state index contributed by atoms with van der Waals surface area (Å²) in [6, 6.07) is 2.67. The first kappa shape index (κ1) is 15.0. The molecule has 0 fully saturated rings. The second kappa shape index (κ2) is 6.40. The van der Waals surface area contributed by atoms with E-state index in [2.05, 4.69) is 5.32 Å². The molecule has 2 rings (SSSR count). The molecule has 0 aromatic heterocycles. The van der Waals surface area contributed by atoms with Gasteiger partial charge >= 0.3 is 0 Å². The Morgan fingerprint density at radius 1 is 1.43 bits per heavy atom. The number of fused-ring (bicyclic) bond motifs is 1. The lowest BCUT2D eigenvalue weighted by atomic mass is 10.1. The number of nitro groups is 1. The number of carbonyl (C=O) groups excluding carboxylic acids is 1. The lowest BCUT2D eigenvalue weighted by molar-refractivity contribution is -0.384. The smallest absolute Gasteiger partial charge is 0.296 e. The summed E-state index contributed by atoms with van der Waals surface area (Å²) in [7, 11) is 0. The molecule has 0 radical (unpaired) electrons. The van der Waals surface area contributed by atoms with Gasteiger partial charge in [0.25, 0.3) is 5.69 Å². The van der Waals surface area contributed by atoms with Gasteiger partial charge in [0.05, 0.1) is 16.9 Å². The third kappa shape index (κ3) is 3.22. The van der Waals surface area contributed by atoms with Crippen LogP contribution in [-0.4, -0.2) is 30.6 Å². The molecule has 0 bridgehead atoms. The highest BCUT2D eigenvalue weighted by Crippen LogP contribution is 2.39. The van der Waals surface area contributed by atoms with E-state index in [1.807, 2.05) is 6.92 Å². The maximum absolute atomic E-state index is 12.0. The number of benzene rings is 1. The fraction of sp³-hybridized carbons (Fsp3) is 0.462. The van der Waals surface area contributed by atoms with Gasteiger partial charge < -0.3 is 20.5 Å². The van der Waals surface area contributed by atoms with Gasteiger partial charge in [-0.2, -0.15) is 0 Å². The van der Waals surface area contributed by atoms with E-state index < -0.39 is 10.8 Å². The summed E-state index contributed by atoms with van der Waals surface area (Å²) < 4.78 is 10.7. The first-order valence-electron chi connectivity index (χ1n) is 6.65. The summed E-state index contributed by atoms with van der Waals surface area (Å²) in [5.74, 6) is -0.0580. The van der Waals surface area contributed by atoms with E-state index >= 15 is 0 Å². The highest BCUT2D eigenvalue weighted by atomic mass is 16.6. The lowest BCUT2D eigenvalue weighted by Gasteiger charge is -2.19. The Hall–Kier alpha value is -2.35. The Morgan fingerprint density at radius 2 is 2.05 bits per heavy atom. The molecule has 1 aliphatic rings.